The molecule has 0 saturated carbocycles. The number of nitrogens with one attached hydrogen (secondary N) is 2. The van der Waals surface area contributed by atoms with Crippen LogP contribution in [0.3, 0.4) is 0 Å². The topological polar surface area (TPSA) is 55.8 Å². The highest BCUT2D eigenvalue weighted by molar-refractivity contribution is 7.11. The van der Waals surface area contributed by atoms with Crippen LogP contribution in [0.5, 0.6) is 0 Å². The van der Waals surface area contributed by atoms with Gasteiger partial charge in [0.05, 0.1) is 12.2 Å². The van der Waals surface area contributed by atoms with Gasteiger partial charge in [0.1, 0.15) is 5.01 Å². The lowest BCUT2D eigenvalue weighted by Crippen LogP contribution is -2.48. The lowest BCUT2D eigenvalue weighted by atomic mass is 10.2. The Hall–Kier alpha value is -1.96. The summed E-state index contributed by atoms with van der Waals surface area (Å²) in [6.45, 7) is 12.4. The van der Waals surface area contributed by atoms with Gasteiger partial charge >= 0.3 is 0 Å². The summed E-state index contributed by atoms with van der Waals surface area (Å²) >= 11 is 1.74. The van der Waals surface area contributed by atoms with E-state index in [2.05, 4.69) is 74.6 Å². The Kier molecular flexibility index (Phi) is 7.82. The van der Waals surface area contributed by atoms with Crippen LogP contribution in [-0.4, -0.2) is 67.1 Å². The molecule has 0 unspecified atom stereocenters. The number of hydrogen-bond acceptors (Lipinski definition) is 5. The first-order chi connectivity index (χ1) is 13.6. The zero-order chi connectivity index (χ0) is 19.8. The highest BCUT2D eigenvalue weighted by Gasteiger charge is 2.16. The van der Waals surface area contributed by atoms with E-state index in [1.807, 2.05) is 7.05 Å². The van der Waals surface area contributed by atoms with E-state index in [9.17, 15) is 0 Å². The van der Waals surface area contributed by atoms with E-state index >= 15 is 0 Å². The van der Waals surface area contributed by atoms with E-state index in [1.165, 1.54) is 10.4 Å². The molecule has 1 aliphatic rings. The molecular formula is C21H32N6S. The number of nitrogens with zero attached hydrogens (tertiary/aromatic N) is 4. The molecule has 152 valence electrons. The van der Waals surface area contributed by atoms with E-state index in [0.29, 0.717) is 0 Å². The molecule has 2 heterocycles. The smallest absolute Gasteiger partial charge is 0.191 e. The maximum Gasteiger partial charge on any atom is 0.191 e. The molecule has 7 heteroatoms. The number of aliphatic imine (C=N–C) groups is 1. The molecule has 0 radical (unpaired) electrons. The van der Waals surface area contributed by atoms with Crippen molar-refractivity contribution in [1.29, 1.82) is 0 Å². The summed E-state index contributed by atoms with van der Waals surface area (Å²) in [5, 5.41) is 7.88. The molecule has 1 saturated heterocycles. The number of piperazine rings is 1. The van der Waals surface area contributed by atoms with Crippen LogP contribution >= 0.6 is 11.3 Å². The van der Waals surface area contributed by atoms with Crippen LogP contribution in [-0.2, 0) is 13.1 Å². The zero-order valence-electron chi connectivity index (χ0n) is 17.2. The fraction of sp³-hybridized carbons (Fsp3) is 0.524. The molecule has 1 aromatic carbocycles. The Balaban J connectivity index is 1.32. The van der Waals surface area contributed by atoms with Crippen molar-refractivity contribution >= 4 is 17.3 Å². The summed E-state index contributed by atoms with van der Waals surface area (Å²) in [6, 6.07) is 10.7. The summed E-state index contributed by atoms with van der Waals surface area (Å²) in [5.41, 5.74) is 2.52. The summed E-state index contributed by atoms with van der Waals surface area (Å²) < 4.78 is 0. The number of thiazole rings is 1. The molecule has 0 spiro atoms. The predicted octanol–water partition coefficient (Wildman–Crippen LogP) is 2.24. The third-order valence-electron chi connectivity index (χ3n) is 5.14. The summed E-state index contributed by atoms with van der Waals surface area (Å²) in [6.07, 6.45) is 0. The minimum absolute atomic E-state index is 0.719. The Morgan fingerprint density at radius 2 is 1.79 bits per heavy atom. The largest absolute Gasteiger partial charge is 0.355 e. The van der Waals surface area contributed by atoms with Crippen LogP contribution in [0, 0.1) is 13.8 Å². The highest BCUT2D eigenvalue weighted by atomic mass is 32.1. The van der Waals surface area contributed by atoms with Crippen LogP contribution in [0.25, 0.3) is 0 Å². The number of guanidine groups is 1. The van der Waals surface area contributed by atoms with Crippen LogP contribution < -0.4 is 10.6 Å². The second kappa shape index (κ2) is 10.5. The molecule has 1 aromatic heterocycles. The van der Waals surface area contributed by atoms with Gasteiger partial charge in [-0.3, -0.25) is 14.8 Å². The molecular weight excluding hydrogens is 368 g/mol. The van der Waals surface area contributed by atoms with Gasteiger partial charge < -0.3 is 10.6 Å². The maximum atomic E-state index is 4.57. The lowest BCUT2D eigenvalue weighted by molar-refractivity contribution is 0.129. The monoisotopic (exact) mass is 400 g/mol. The maximum absolute atomic E-state index is 4.57. The normalized spacial score (nSPS) is 16.3. The molecule has 0 bridgehead atoms. The van der Waals surface area contributed by atoms with Crippen molar-refractivity contribution in [2.45, 2.75) is 26.9 Å². The Morgan fingerprint density at radius 1 is 1.07 bits per heavy atom. The van der Waals surface area contributed by atoms with E-state index in [-0.39, 0.29) is 0 Å². The molecule has 1 fully saturated rings. The van der Waals surface area contributed by atoms with Crippen molar-refractivity contribution in [1.82, 2.24) is 25.4 Å². The van der Waals surface area contributed by atoms with E-state index < -0.39 is 0 Å². The van der Waals surface area contributed by atoms with E-state index in [4.69, 9.17) is 0 Å². The third-order valence-corrected chi connectivity index (χ3v) is 6.21. The first-order valence-corrected chi connectivity index (χ1v) is 10.8. The van der Waals surface area contributed by atoms with Crippen molar-refractivity contribution in [2.75, 3.05) is 46.3 Å². The predicted molar refractivity (Wildman–Crippen MR) is 118 cm³/mol. The van der Waals surface area contributed by atoms with Gasteiger partial charge in [-0.15, -0.1) is 11.3 Å². The SMILES string of the molecule is CN=C(NCCN1CCN(Cc2ccccc2)CC1)NCc1nc(C)c(C)s1. The fourth-order valence-electron chi connectivity index (χ4n) is 3.34. The molecule has 3 rings (SSSR count). The molecule has 2 aromatic rings. The lowest BCUT2D eigenvalue weighted by Gasteiger charge is -2.34. The van der Waals surface area contributed by atoms with Crippen molar-refractivity contribution in [3.05, 3.63) is 51.5 Å². The fourth-order valence-corrected chi connectivity index (χ4v) is 4.21. The minimum atomic E-state index is 0.719. The molecule has 28 heavy (non-hydrogen) atoms. The second-order valence-electron chi connectivity index (χ2n) is 7.21. The zero-order valence-corrected chi connectivity index (χ0v) is 18.1. The molecule has 6 nitrogen and oxygen atoms in total. The van der Waals surface area contributed by atoms with Gasteiger partial charge in [0, 0.05) is 57.7 Å². The number of rotatable bonds is 7. The van der Waals surface area contributed by atoms with Crippen LogP contribution in [0.4, 0.5) is 0 Å². The Morgan fingerprint density at radius 3 is 2.43 bits per heavy atom. The minimum Gasteiger partial charge on any atom is -0.355 e. The van der Waals surface area contributed by atoms with Gasteiger partial charge in [0.2, 0.25) is 0 Å². The highest BCUT2D eigenvalue weighted by Crippen LogP contribution is 2.15. The number of aryl methyl sites for hydroxylation is 2. The van der Waals surface area contributed by atoms with Crippen molar-refractivity contribution in [2.24, 2.45) is 4.99 Å². The average Bonchev–Trinajstić information content (AvgIpc) is 3.04. The van der Waals surface area contributed by atoms with Crippen LogP contribution in [0.2, 0.25) is 0 Å². The summed E-state index contributed by atoms with van der Waals surface area (Å²) in [5.74, 6) is 0.841. The first-order valence-electron chi connectivity index (χ1n) is 10.00. The van der Waals surface area contributed by atoms with Crippen molar-refractivity contribution in [3.8, 4) is 0 Å². The quantitative estimate of drug-likeness (QED) is 0.551. The molecule has 0 atom stereocenters. The summed E-state index contributed by atoms with van der Waals surface area (Å²) in [7, 11) is 1.82. The number of hydrogen-bond donors (Lipinski definition) is 2. The molecule has 0 amide bonds. The van der Waals surface area contributed by atoms with Gasteiger partial charge in [-0.1, -0.05) is 30.3 Å². The first kappa shape index (κ1) is 20.8. The molecule has 2 N–H and O–H groups in total. The van der Waals surface area contributed by atoms with Crippen LogP contribution in [0.15, 0.2) is 35.3 Å². The van der Waals surface area contributed by atoms with Crippen molar-refractivity contribution in [3.63, 3.8) is 0 Å². The van der Waals surface area contributed by atoms with Gasteiger partial charge in [-0.25, -0.2) is 4.98 Å². The molecule has 0 aliphatic carbocycles. The van der Waals surface area contributed by atoms with Gasteiger partial charge in [-0.05, 0) is 19.4 Å². The van der Waals surface area contributed by atoms with Gasteiger partial charge in [-0.2, -0.15) is 0 Å². The molecule has 1 aliphatic heterocycles. The number of benzene rings is 1. The van der Waals surface area contributed by atoms with E-state index in [1.54, 1.807) is 11.3 Å². The van der Waals surface area contributed by atoms with E-state index in [0.717, 1.165) is 69.0 Å². The summed E-state index contributed by atoms with van der Waals surface area (Å²) in [4.78, 5) is 15.2. The average molecular weight is 401 g/mol. The Bertz CT molecular complexity index is 730. The Labute approximate surface area is 172 Å². The van der Waals surface area contributed by atoms with Gasteiger partial charge in [0.25, 0.3) is 0 Å². The number of aromatic nitrogens is 1. The van der Waals surface area contributed by atoms with Gasteiger partial charge in [0.15, 0.2) is 5.96 Å². The van der Waals surface area contributed by atoms with Crippen LogP contribution in [0.1, 0.15) is 21.1 Å². The van der Waals surface area contributed by atoms with Crippen molar-refractivity contribution < 1.29 is 0 Å². The second-order valence-corrected chi connectivity index (χ2v) is 8.49. The third kappa shape index (κ3) is 6.29. The standard InChI is InChI=1S/C21H32N6S/c1-17-18(2)28-20(25-17)15-24-21(22-3)23-9-10-26-11-13-27(14-12-26)16-19-7-5-4-6-8-19/h4-8H,9-16H2,1-3H3,(H2,22,23,24).